The molecule has 0 unspecified atom stereocenters. The summed E-state index contributed by atoms with van der Waals surface area (Å²) in [7, 11) is 0. The standard InChI is InChI=1S/C8H20N4.Co/c1-2-10-5-6-12-8-7-11-4-3-9-1;/h9-12H,1-8H2;. The molecule has 1 radical (unpaired) electrons. The van der Waals surface area contributed by atoms with E-state index >= 15 is 0 Å². The molecule has 4 N–H and O–H groups in total. The summed E-state index contributed by atoms with van der Waals surface area (Å²) in [5, 5.41) is 13.4. The van der Waals surface area contributed by atoms with Gasteiger partial charge in [0.25, 0.3) is 0 Å². The van der Waals surface area contributed by atoms with Crippen LogP contribution in [0.5, 0.6) is 0 Å². The Balaban J connectivity index is 0.00000144. The minimum atomic E-state index is 0. The number of nitrogens with one attached hydrogen (secondary N) is 4. The molecule has 0 saturated carbocycles. The molecule has 0 aromatic heterocycles. The Bertz CT molecular complexity index is 59.1. The first kappa shape index (κ1) is 13.3. The van der Waals surface area contributed by atoms with E-state index in [2.05, 4.69) is 21.3 Å². The van der Waals surface area contributed by atoms with E-state index in [-0.39, 0.29) is 16.8 Å². The molecule has 4 nitrogen and oxygen atoms in total. The van der Waals surface area contributed by atoms with E-state index in [1.165, 1.54) is 0 Å². The Morgan fingerprint density at radius 3 is 0.692 bits per heavy atom. The average molecular weight is 231 g/mol. The Morgan fingerprint density at radius 2 is 0.538 bits per heavy atom. The van der Waals surface area contributed by atoms with Gasteiger partial charge in [-0.2, -0.15) is 0 Å². The van der Waals surface area contributed by atoms with Crippen molar-refractivity contribution >= 4 is 0 Å². The topological polar surface area (TPSA) is 48.1 Å². The van der Waals surface area contributed by atoms with E-state index in [0.717, 1.165) is 52.4 Å². The SMILES string of the molecule is C1CNCCNCCNCCN1.[Co]. The van der Waals surface area contributed by atoms with Crippen LogP contribution in [0.15, 0.2) is 0 Å². The van der Waals surface area contributed by atoms with Gasteiger partial charge in [0.15, 0.2) is 0 Å². The van der Waals surface area contributed by atoms with Crippen LogP contribution in [-0.4, -0.2) is 52.4 Å². The molecule has 1 aliphatic heterocycles. The van der Waals surface area contributed by atoms with Gasteiger partial charge in [0.05, 0.1) is 0 Å². The van der Waals surface area contributed by atoms with E-state index in [0.29, 0.717) is 0 Å². The van der Waals surface area contributed by atoms with Gasteiger partial charge in [-0.3, -0.25) is 0 Å². The van der Waals surface area contributed by atoms with Gasteiger partial charge in [0.1, 0.15) is 0 Å². The fraction of sp³-hybridized carbons (Fsp3) is 1.00. The smallest absolute Gasteiger partial charge is 0.00772 e. The molecule has 0 atom stereocenters. The van der Waals surface area contributed by atoms with Crippen molar-refractivity contribution in [3.05, 3.63) is 0 Å². The molecule has 1 fully saturated rings. The van der Waals surface area contributed by atoms with Crippen molar-refractivity contribution in [2.45, 2.75) is 0 Å². The molecular formula is C8H20CoN4. The van der Waals surface area contributed by atoms with E-state index < -0.39 is 0 Å². The maximum atomic E-state index is 3.36. The maximum absolute atomic E-state index is 3.36. The predicted octanol–water partition coefficient (Wildman–Crippen LogP) is -1.64. The van der Waals surface area contributed by atoms with Crippen molar-refractivity contribution in [2.24, 2.45) is 0 Å². The Morgan fingerprint density at radius 1 is 0.385 bits per heavy atom. The Kier molecular flexibility index (Phi) is 10.7. The normalized spacial score (nSPS) is 22.2. The zero-order chi connectivity index (χ0) is 8.49. The van der Waals surface area contributed by atoms with Gasteiger partial charge >= 0.3 is 0 Å². The van der Waals surface area contributed by atoms with Crippen LogP contribution in [0.1, 0.15) is 0 Å². The first-order chi connectivity index (χ1) is 6.00. The molecule has 0 spiro atoms. The molecule has 0 aromatic rings. The third-order valence-corrected chi connectivity index (χ3v) is 1.91. The van der Waals surface area contributed by atoms with Gasteiger partial charge in [0.2, 0.25) is 0 Å². The molecule has 0 aromatic carbocycles. The number of hydrogen-bond donors (Lipinski definition) is 4. The van der Waals surface area contributed by atoms with Crippen molar-refractivity contribution in [1.29, 1.82) is 0 Å². The molecular weight excluding hydrogens is 211 g/mol. The van der Waals surface area contributed by atoms with Crippen molar-refractivity contribution in [1.82, 2.24) is 21.3 Å². The average Bonchev–Trinajstić information content (AvgIpc) is 2.05. The van der Waals surface area contributed by atoms with Crippen LogP contribution >= 0.6 is 0 Å². The third kappa shape index (κ3) is 8.67. The van der Waals surface area contributed by atoms with Crippen LogP contribution in [0.3, 0.4) is 0 Å². The van der Waals surface area contributed by atoms with Crippen LogP contribution in [0, 0.1) is 0 Å². The summed E-state index contributed by atoms with van der Waals surface area (Å²) >= 11 is 0. The van der Waals surface area contributed by atoms with Crippen LogP contribution in [0.4, 0.5) is 0 Å². The molecule has 1 aliphatic rings. The molecule has 1 heterocycles. The van der Waals surface area contributed by atoms with E-state index in [1.54, 1.807) is 0 Å². The van der Waals surface area contributed by atoms with Gasteiger partial charge in [-0.25, -0.2) is 0 Å². The van der Waals surface area contributed by atoms with Gasteiger partial charge < -0.3 is 21.3 Å². The maximum Gasteiger partial charge on any atom is 0.00772 e. The first-order valence-corrected chi connectivity index (χ1v) is 4.83. The fourth-order valence-electron chi connectivity index (χ4n) is 1.21. The zero-order valence-corrected chi connectivity index (χ0v) is 9.03. The van der Waals surface area contributed by atoms with Crippen molar-refractivity contribution in [3.63, 3.8) is 0 Å². The van der Waals surface area contributed by atoms with Gasteiger partial charge in [-0.1, -0.05) is 0 Å². The first-order valence-electron chi connectivity index (χ1n) is 4.83. The molecule has 13 heavy (non-hydrogen) atoms. The summed E-state index contributed by atoms with van der Waals surface area (Å²) in [6.07, 6.45) is 0. The van der Waals surface area contributed by atoms with Gasteiger partial charge in [0, 0.05) is 69.1 Å². The molecule has 0 amide bonds. The summed E-state index contributed by atoms with van der Waals surface area (Å²) in [4.78, 5) is 0. The zero-order valence-electron chi connectivity index (χ0n) is 7.99. The van der Waals surface area contributed by atoms with Crippen LogP contribution in [-0.2, 0) is 16.8 Å². The van der Waals surface area contributed by atoms with Crippen molar-refractivity contribution in [3.8, 4) is 0 Å². The van der Waals surface area contributed by atoms with Crippen LogP contribution < -0.4 is 21.3 Å². The molecule has 0 bridgehead atoms. The number of hydrogen-bond acceptors (Lipinski definition) is 4. The summed E-state index contributed by atoms with van der Waals surface area (Å²) in [5.74, 6) is 0. The van der Waals surface area contributed by atoms with Gasteiger partial charge in [-0.05, 0) is 0 Å². The van der Waals surface area contributed by atoms with E-state index in [9.17, 15) is 0 Å². The Labute approximate surface area is 90.8 Å². The minimum absolute atomic E-state index is 0. The predicted molar refractivity (Wildman–Crippen MR) is 51.5 cm³/mol. The molecule has 1 rings (SSSR count). The molecule has 81 valence electrons. The van der Waals surface area contributed by atoms with Gasteiger partial charge in [-0.15, -0.1) is 0 Å². The van der Waals surface area contributed by atoms with E-state index in [4.69, 9.17) is 0 Å². The fourth-order valence-corrected chi connectivity index (χ4v) is 1.21. The second kappa shape index (κ2) is 10.4. The molecule has 0 aliphatic carbocycles. The monoisotopic (exact) mass is 231 g/mol. The quantitative estimate of drug-likeness (QED) is 0.404. The third-order valence-electron chi connectivity index (χ3n) is 1.91. The Hall–Kier alpha value is 0.346. The summed E-state index contributed by atoms with van der Waals surface area (Å²) in [6, 6.07) is 0. The van der Waals surface area contributed by atoms with Crippen LogP contribution in [0.25, 0.3) is 0 Å². The van der Waals surface area contributed by atoms with Crippen molar-refractivity contribution < 1.29 is 16.8 Å². The minimum Gasteiger partial charge on any atom is -0.314 e. The second-order valence-electron chi connectivity index (χ2n) is 3.00. The second-order valence-corrected chi connectivity index (χ2v) is 3.00. The van der Waals surface area contributed by atoms with E-state index in [1.807, 2.05) is 0 Å². The van der Waals surface area contributed by atoms with Crippen molar-refractivity contribution in [2.75, 3.05) is 52.4 Å². The summed E-state index contributed by atoms with van der Waals surface area (Å²) in [6.45, 7) is 8.57. The summed E-state index contributed by atoms with van der Waals surface area (Å²) < 4.78 is 0. The molecule has 5 heteroatoms. The largest absolute Gasteiger partial charge is 0.314 e. The van der Waals surface area contributed by atoms with Crippen LogP contribution in [0.2, 0.25) is 0 Å². The summed E-state index contributed by atoms with van der Waals surface area (Å²) in [5.41, 5.74) is 0. The number of rotatable bonds is 0. The molecule has 1 saturated heterocycles.